The van der Waals surface area contributed by atoms with E-state index in [4.69, 9.17) is 13.9 Å². The van der Waals surface area contributed by atoms with Crippen molar-refractivity contribution in [1.29, 1.82) is 0 Å². The van der Waals surface area contributed by atoms with Crippen molar-refractivity contribution in [3.05, 3.63) is 114 Å². The zero-order chi connectivity index (χ0) is 31.5. The van der Waals surface area contributed by atoms with E-state index < -0.39 is 13.2 Å². The maximum atomic E-state index is 11.6. The fourth-order valence-corrected chi connectivity index (χ4v) is 10.4. The number of rotatable bonds is 17. The van der Waals surface area contributed by atoms with Gasteiger partial charge in [-0.1, -0.05) is 101 Å². The van der Waals surface area contributed by atoms with E-state index in [1.807, 2.05) is 13.0 Å². The van der Waals surface area contributed by atoms with Gasteiger partial charge in [-0.15, -0.1) is 6.58 Å². The molecule has 0 bridgehead atoms. The Balaban J connectivity index is 1.81. The average molecular weight is 602 g/mol. The molecule has 0 amide bonds. The number of nitro benzene ring substituents is 1. The standard InChI is InChI=1S/C36H47NO5Si/c1-8-9-18-29(42-43(36(4,5)6,31-20-12-10-13-21-31)32-22-14-11-15-23-32)19-16-17-24-34(28(2)3)41-35-27-30(40-7)25-26-33(35)37(38)39/h8,10-15,20-23,25-27,29,34H,1-2,9,16-19,24H2,3-7H3. The second-order valence-electron chi connectivity index (χ2n) is 12.1. The number of nitrogens with zero attached hydrogens (tertiary/aromatic N) is 1. The van der Waals surface area contributed by atoms with Gasteiger partial charge in [0.1, 0.15) is 11.9 Å². The molecule has 230 valence electrons. The summed E-state index contributed by atoms with van der Waals surface area (Å²) < 4.78 is 18.9. The van der Waals surface area contributed by atoms with Gasteiger partial charge in [0, 0.05) is 18.2 Å². The predicted molar refractivity (Wildman–Crippen MR) is 179 cm³/mol. The summed E-state index contributed by atoms with van der Waals surface area (Å²) in [5, 5.41) is 14.1. The first-order valence-electron chi connectivity index (χ1n) is 15.1. The maximum Gasteiger partial charge on any atom is 0.311 e. The van der Waals surface area contributed by atoms with Crippen LogP contribution in [0.4, 0.5) is 5.69 Å². The molecule has 0 saturated heterocycles. The number of benzene rings is 3. The largest absolute Gasteiger partial charge is 0.497 e. The smallest absolute Gasteiger partial charge is 0.311 e. The summed E-state index contributed by atoms with van der Waals surface area (Å²) in [4.78, 5) is 11.2. The van der Waals surface area contributed by atoms with Crippen molar-refractivity contribution < 1.29 is 18.8 Å². The number of nitro groups is 1. The summed E-state index contributed by atoms with van der Waals surface area (Å²) >= 11 is 0. The molecule has 0 spiro atoms. The molecular formula is C36H47NO5Si. The maximum absolute atomic E-state index is 11.6. The molecule has 0 radical (unpaired) electrons. The van der Waals surface area contributed by atoms with Gasteiger partial charge in [0.2, 0.25) is 5.75 Å². The van der Waals surface area contributed by atoms with Crippen LogP contribution in [0.15, 0.2) is 104 Å². The summed E-state index contributed by atoms with van der Waals surface area (Å²) in [6.45, 7) is 16.9. The first-order chi connectivity index (χ1) is 20.5. The number of hydrogen-bond acceptors (Lipinski definition) is 5. The molecule has 0 heterocycles. The first kappa shape index (κ1) is 33.8. The van der Waals surface area contributed by atoms with Crippen LogP contribution in [-0.2, 0) is 4.43 Å². The van der Waals surface area contributed by atoms with Gasteiger partial charge in [0.15, 0.2) is 0 Å². The van der Waals surface area contributed by atoms with E-state index in [1.165, 1.54) is 23.5 Å². The quantitative estimate of drug-likeness (QED) is 0.0511. The Hall–Kier alpha value is -3.68. The van der Waals surface area contributed by atoms with Crippen LogP contribution in [-0.4, -0.2) is 32.6 Å². The Bertz CT molecular complexity index is 1300. The molecule has 0 aromatic heterocycles. The minimum atomic E-state index is -2.69. The minimum absolute atomic E-state index is 0.0490. The fourth-order valence-electron chi connectivity index (χ4n) is 5.63. The number of hydrogen-bond donors (Lipinski definition) is 0. The lowest BCUT2D eigenvalue weighted by Gasteiger charge is -2.45. The molecule has 2 atom stereocenters. The lowest BCUT2D eigenvalue weighted by molar-refractivity contribution is -0.386. The molecule has 0 N–H and O–H groups in total. The van der Waals surface area contributed by atoms with E-state index in [2.05, 4.69) is 94.6 Å². The van der Waals surface area contributed by atoms with E-state index in [9.17, 15) is 10.1 Å². The lowest BCUT2D eigenvalue weighted by atomic mass is 10.0. The molecule has 0 saturated carbocycles. The van der Waals surface area contributed by atoms with Crippen molar-refractivity contribution in [2.75, 3.05) is 7.11 Å². The second kappa shape index (κ2) is 15.7. The van der Waals surface area contributed by atoms with E-state index >= 15 is 0 Å². The van der Waals surface area contributed by atoms with Crippen LogP contribution in [0.25, 0.3) is 0 Å². The molecule has 0 aliphatic rings. The fraction of sp³-hybridized carbons (Fsp3) is 0.389. The monoisotopic (exact) mass is 601 g/mol. The van der Waals surface area contributed by atoms with Crippen LogP contribution in [0.1, 0.15) is 66.2 Å². The van der Waals surface area contributed by atoms with Crippen LogP contribution in [0.2, 0.25) is 5.04 Å². The molecule has 0 fully saturated rings. The Kier molecular flexibility index (Phi) is 12.3. The van der Waals surface area contributed by atoms with E-state index in [0.717, 1.165) is 37.7 Å². The topological polar surface area (TPSA) is 70.8 Å². The van der Waals surface area contributed by atoms with Crippen molar-refractivity contribution in [2.24, 2.45) is 0 Å². The Morgan fingerprint density at radius 2 is 1.53 bits per heavy atom. The normalized spacial score (nSPS) is 13.1. The third-order valence-corrected chi connectivity index (χ3v) is 13.0. The highest BCUT2D eigenvalue weighted by atomic mass is 28.4. The lowest BCUT2D eigenvalue weighted by Crippen LogP contribution is -2.67. The zero-order valence-corrected chi connectivity index (χ0v) is 27.4. The average Bonchev–Trinajstić information content (AvgIpc) is 2.99. The predicted octanol–water partition coefficient (Wildman–Crippen LogP) is 8.40. The van der Waals surface area contributed by atoms with Crippen molar-refractivity contribution in [3.8, 4) is 11.5 Å². The van der Waals surface area contributed by atoms with Gasteiger partial charge in [0.25, 0.3) is 8.32 Å². The van der Waals surface area contributed by atoms with E-state index in [0.29, 0.717) is 12.2 Å². The third-order valence-electron chi connectivity index (χ3n) is 7.88. The van der Waals surface area contributed by atoms with Gasteiger partial charge >= 0.3 is 5.69 Å². The van der Waals surface area contributed by atoms with Gasteiger partial charge in [-0.25, -0.2) is 0 Å². The van der Waals surface area contributed by atoms with Gasteiger partial charge in [-0.05, 0) is 66.1 Å². The molecule has 0 aliphatic heterocycles. The molecule has 3 rings (SSSR count). The van der Waals surface area contributed by atoms with Gasteiger partial charge in [0.05, 0.1) is 12.0 Å². The van der Waals surface area contributed by atoms with Gasteiger partial charge < -0.3 is 13.9 Å². The minimum Gasteiger partial charge on any atom is -0.497 e. The first-order valence-corrected chi connectivity index (χ1v) is 17.0. The SMILES string of the molecule is C=CCCC(CCCCC(Oc1cc(OC)ccc1[N+](=O)[O-])C(=C)C)O[Si](c1ccccc1)(c1ccccc1)C(C)(C)C. The number of methoxy groups -OCH3 is 1. The number of allylic oxidation sites excluding steroid dienone is 1. The van der Waals surface area contributed by atoms with Crippen LogP contribution in [0.5, 0.6) is 11.5 Å². The Labute approximate surface area is 258 Å². The zero-order valence-electron chi connectivity index (χ0n) is 26.4. The molecule has 6 nitrogen and oxygen atoms in total. The van der Waals surface area contributed by atoms with E-state index in [-0.39, 0.29) is 28.7 Å². The number of ether oxygens (including phenoxy) is 2. The molecule has 43 heavy (non-hydrogen) atoms. The molecule has 7 heteroatoms. The summed E-state index contributed by atoms with van der Waals surface area (Å²) in [5.74, 6) is 0.697. The van der Waals surface area contributed by atoms with Crippen molar-refractivity contribution in [3.63, 3.8) is 0 Å². The summed E-state index contributed by atoms with van der Waals surface area (Å²) in [6, 6.07) is 26.0. The van der Waals surface area contributed by atoms with Crippen molar-refractivity contribution in [2.45, 2.75) is 83.5 Å². The van der Waals surface area contributed by atoms with Crippen LogP contribution >= 0.6 is 0 Å². The molecular weight excluding hydrogens is 554 g/mol. The summed E-state index contributed by atoms with van der Waals surface area (Å²) in [5.41, 5.74) is 0.735. The molecule has 3 aromatic carbocycles. The third kappa shape index (κ3) is 8.68. The Morgan fingerprint density at radius 3 is 2.02 bits per heavy atom. The highest BCUT2D eigenvalue weighted by Gasteiger charge is 2.51. The highest BCUT2D eigenvalue weighted by Crippen LogP contribution is 2.39. The Morgan fingerprint density at radius 1 is 0.953 bits per heavy atom. The van der Waals surface area contributed by atoms with Crippen molar-refractivity contribution in [1.82, 2.24) is 0 Å². The molecule has 2 unspecified atom stereocenters. The summed E-state index contributed by atoms with van der Waals surface area (Å²) in [6.07, 6.45) is 6.80. The number of unbranched alkanes of at least 4 members (excludes halogenated alkanes) is 1. The second-order valence-corrected chi connectivity index (χ2v) is 16.3. The molecule has 3 aromatic rings. The van der Waals surface area contributed by atoms with Crippen LogP contribution in [0, 0.1) is 10.1 Å². The summed E-state index contributed by atoms with van der Waals surface area (Å²) in [7, 11) is -1.16. The van der Waals surface area contributed by atoms with Crippen molar-refractivity contribution >= 4 is 24.4 Å². The van der Waals surface area contributed by atoms with E-state index in [1.54, 1.807) is 12.1 Å². The van der Waals surface area contributed by atoms with Gasteiger partial charge in [-0.2, -0.15) is 0 Å². The molecule has 0 aliphatic carbocycles. The van der Waals surface area contributed by atoms with Crippen LogP contribution in [0.3, 0.4) is 0 Å². The van der Waals surface area contributed by atoms with Gasteiger partial charge in [-0.3, -0.25) is 10.1 Å². The highest BCUT2D eigenvalue weighted by molar-refractivity contribution is 6.99. The van der Waals surface area contributed by atoms with Crippen LogP contribution < -0.4 is 19.8 Å².